The SMILES string of the molecule is Nc1cc(NC(=O)C2CCCCS2)ccc1Br. The van der Waals surface area contributed by atoms with Gasteiger partial charge < -0.3 is 11.1 Å². The molecule has 0 bridgehead atoms. The number of amides is 1. The number of anilines is 2. The fourth-order valence-electron chi connectivity index (χ4n) is 1.79. The van der Waals surface area contributed by atoms with Crippen molar-refractivity contribution in [2.45, 2.75) is 24.5 Å². The molecular formula is C12H15BrN2OS. The molecule has 1 atom stereocenters. The lowest BCUT2D eigenvalue weighted by atomic mass is 10.2. The zero-order chi connectivity index (χ0) is 12.3. The van der Waals surface area contributed by atoms with Crippen LogP contribution in [0.2, 0.25) is 0 Å². The van der Waals surface area contributed by atoms with E-state index < -0.39 is 0 Å². The minimum atomic E-state index is 0.0913. The number of nitrogen functional groups attached to an aromatic ring is 1. The number of rotatable bonds is 2. The summed E-state index contributed by atoms with van der Waals surface area (Å²) < 4.78 is 0.850. The van der Waals surface area contributed by atoms with Crippen LogP contribution in [0.3, 0.4) is 0 Å². The van der Waals surface area contributed by atoms with Crippen molar-refractivity contribution in [3.8, 4) is 0 Å². The monoisotopic (exact) mass is 314 g/mol. The summed E-state index contributed by atoms with van der Waals surface area (Å²) in [5.74, 6) is 1.18. The Kier molecular flexibility index (Phi) is 4.34. The standard InChI is InChI=1S/C12H15BrN2OS/c13-9-5-4-8(7-10(9)14)15-12(16)11-3-1-2-6-17-11/h4-5,7,11H,1-3,6,14H2,(H,15,16). The molecule has 1 unspecified atom stereocenters. The van der Waals surface area contributed by atoms with Gasteiger partial charge >= 0.3 is 0 Å². The molecule has 0 radical (unpaired) electrons. The molecule has 17 heavy (non-hydrogen) atoms. The molecule has 1 aliphatic heterocycles. The number of nitrogens with one attached hydrogen (secondary N) is 1. The number of carbonyl (C=O) groups excluding carboxylic acids is 1. The maximum Gasteiger partial charge on any atom is 0.237 e. The molecular weight excluding hydrogens is 300 g/mol. The lowest BCUT2D eigenvalue weighted by Gasteiger charge is -2.20. The van der Waals surface area contributed by atoms with Crippen LogP contribution in [-0.4, -0.2) is 16.9 Å². The molecule has 0 aliphatic carbocycles. The molecule has 1 aromatic carbocycles. The fraction of sp³-hybridized carbons (Fsp3) is 0.417. The molecule has 1 fully saturated rings. The third kappa shape index (κ3) is 3.39. The molecule has 1 heterocycles. The van der Waals surface area contributed by atoms with E-state index in [1.165, 1.54) is 6.42 Å². The summed E-state index contributed by atoms with van der Waals surface area (Å²) in [5.41, 5.74) is 7.18. The minimum absolute atomic E-state index is 0.0913. The van der Waals surface area contributed by atoms with Crippen molar-refractivity contribution >= 4 is 45.0 Å². The Morgan fingerprint density at radius 2 is 2.29 bits per heavy atom. The van der Waals surface area contributed by atoms with E-state index in [0.29, 0.717) is 5.69 Å². The van der Waals surface area contributed by atoms with Crippen LogP contribution in [0.25, 0.3) is 0 Å². The predicted molar refractivity (Wildman–Crippen MR) is 77.3 cm³/mol. The van der Waals surface area contributed by atoms with Gasteiger partial charge in [-0.1, -0.05) is 6.42 Å². The van der Waals surface area contributed by atoms with E-state index in [-0.39, 0.29) is 11.2 Å². The Balaban J connectivity index is 1.99. The van der Waals surface area contributed by atoms with E-state index >= 15 is 0 Å². The molecule has 0 spiro atoms. The third-order valence-electron chi connectivity index (χ3n) is 2.74. The van der Waals surface area contributed by atoms with Gasteiger partial charge in [0.15, 0.2) is 0 Å². The minimum Gasteiger partial charge on any atom is -0.398 e. The van der Waals surface area contributed by atoms with E-state index in [0.717, 1.165) is 28.8 Å². The molecule has 92 valence electrons. The first-order chi connectivity index (χ1) is 8.16. The number of thioether (sulfide) groups is 1. The maximum atomic E-state index is 12.0. The van der Waals surface area contributed by atoms with Crippen molar-refractivity contribution in [3.05, 3.63) is 22.7 Å². The second kappa shape index (κ2) is 5.78. The fourth-order valence-corrected chi connectivity index (χ4v) is 3.24. The number of benzene rings is 1. The molecule has 1 saturated heterocycles. The first-order valence-electron chi connectivity index (χ1n) is 5.64. The number of carbonyl (C=O) groups is 1. The van der Waals surface area contributed by atoms with Crippen molar-refractivity contribution in [1.82, 2.24) is 0 Å². The highest BCUT2D eigenvalue weighted by atomic mass is 79.9. The number of hydrogen-bond donors (Lipinski definition) is 2. The quantitative estimate of drug-likeness (QED) is 0.824. The summed E-state index contributed by atoms with van der Waals surface area (Å²) >= 11 is 5.08. The Morgan fingerprint density at radius 1 is 1.47 bits per heavy atom. The van der Waals surface area contributed by atoms with Crippen molar-refractivity contribution in [1.29, 1.82) is 0 Å². The normalized spacial score (nSPS) is 19.9. The average Bonchev–Trinajstić information content (AvgIpc) is 2.35. The van der Waals surface area contributed by atoms with Gasteiger partial charge in [0.05, 0.1) is 5.25 Å². The van der Waals surface area contributed by atoms with Gasteiger partial charge in [0.1, 0.15) is 0 Å². The highest BCUT2D eigenvalue weighted by Crippen LogP contribution is 2.27. The molecule has 3 nitrogen and oxygen atoms in total. The van der Waals surface area contributed by atoms with E-state index in [1.54, 1.807) is 17.8 Å². The molecule has 3 N–H and O–H groups in total. The smallest absolute Gasteiger partial charge is 0.237 e. The Morgan fingerprint density at radius 3 is 2.94 bits per heavy atom. The van der Waals surface area contributed by atoms with Crippen molar-refractivity contribution in [3.63, 3.8) is 0 Å². The maximum absolute atomic E-state index is 12.0. The molecule has 1 amide bonds. The number of nitrogens with two attached hydrogens (primary N) is 1. The van der Waals surface area contributed by atoms with E-state index in [1.807, 2.05) is 12.1 Å². The predicted octanol–water partition coefficient (Wildman–Crippen LogP) is 3.26. The summed E-state index contributed by atoms with van der Waals surface area (Å²) in [5, 5.41) is 3.01. The van der Waals surface area contributed by atoms with Crippen LogP contribution in [0.4, 0.5) is 11.4 Å². The largest absolute Gasteiger partial charge is 0.398 e. The number of hydrogen-bond acceptors (Lipinski definition) is 3. The van der Waals surface area contributed by atoms with Gasteiger partial charge in [-0.3, -0.25) is 4.79 Å². The van der Waals surface area contributed by atoms with Gasteiger partial charge in [-0.2, -0.15) is 0 Å². The highest BCUT2D eigenvalue weighted by molar-refractivity contribution is 9.10. The molecule has 0 aromatic heterocycles. The van der Waals surface area contributed by atoms with Crippen LogP contribution in [0, 0.1) is 0 Å². The lowest BCUT2D eigenvalue weighted by molar-refractivity contribution is -0.115. The average molecular weight is 315 g/mol. The van der Waals surface area contributed by atoms with Crippen molar-refractivity contribution < 1.29 is 4.79 Å². The van der Waals surface area contributed by atoms with Gasteiger partial charge in [-0.15, -0.1) is 11.8 Å². The molecule has 1 aliphatic rings. The van der Waals surface area contributed by atoms with Crippen molar-refractivity contribution in [2.24, 2.45) is 0 Å². The van der Waals surface area contributed by atoms with Crippen LogP contribution in [0.1, 0.15) is 19.3 Å². The highest BCUT2D eigenvalue weighted by Gasteiger charge is 2.21. The second-order valence-electron chi connectivity index (χ2n) is 4.08. The molecule has 0 saturated carbocycles. The topological polar surface area (TPSA) is 55.1 Å². The molecule has 2 rings (SSSR count). The Labute approximate surface area is 114 Å². The van der Waals surface area contributed by atoms with Gasteiger partial charge in [0.2, 0.25) is 5.91 Å². The molecule has 5 heteroatoms. The lowest BCUT2D eigenvalue weighted by Crippen LogP contribution is -2.27. The van der Waals surface area contributed by atoms with E-state index in [2.05, 4.69) is 21.2 Å². The zero-order valence-corrected chi connectivity index (χ0v) is 11.8. The first-order valence-corrected chi connectivity index (χ1v) is 7.48. The third-order valence-corrected chi connectivity index (χ3v) is 4.83. The van der Waals surface area contributed by atoms with Crippen molar-refractivity contribution in [2.75, 3.05) is 16.8 Å². The van der Waals surface area contributed by atoms with Crippen LogP contribution >= 0.6 is 27.7 Å². The van der Waals surface area contributed by atoms with Crippen LogP contribution in [0.15, 0.2) is 22.7 Å². The zero-order valence-electron chi connectivity index (χ0n) is 9.41. The summed E-state index contributed by atoms with van der Waals surface area (Å²) in [4.78, 5) is 12.0. The summed E-state index contributed by atoms with van der Waals surface area (Å²) in [6.45, 7) is 0. The molecule has 1 aromatic rings. The van der Waals surface area contributed by atoms with Crippen LogP contribution in [-0.2, 0) is 4.79 Å². The summed E-state index contributed by atoms with van der Waals surface area (Å²) in [6.07, 6.45) is 3.34. The summed E-state index contributed by atoms with van der Waals surface area (Å²) in [6, 6.07) is 5.47. The van der Waals surface area contributed by atoms with Gasteiger partial charge in [-0.05, 0) is 52.7 Å². The van der Waals surface area contributed by atoms with Gasteiger partial charge in [0.25, 0.3) is 0 Å². The first kappa shape index (κ1) is 12.8. The van der Waals surface area contributed by atoms with E-state index in [9.17, 15) is 4.79 Å². The van der Waals surface area contributed by atoms with Gasteiger partial charge in [0, 0.05) is 15.8 Å². The summed E-state index contributed by atoms with van der Waals surface area (Å²) in [7, 11) is 0. The van der Waals surface area contributed by atoms with Crippen LogP contribution < -0.4 is 11.1 Å². The second-order valence-corrected chi connectivity index (χ2v) is 6.25. The Bertz CT molecular complexity index is 419. The van der Waals surface area contributed by atoms with Gasteiger partial charge in [-0.25, -0.2) is 0 Å². The Hall–Kier alpha value is -0.680. The van der Waals surface area contributed by atoms with Crippen LogP contribution in [0.5, 0.6) is 0 Å². The number of halogens is 1. The van der Waals surface area contributed by atoms with E-state index in [4.69, 9.17) is 5.73 Å².